The third-order valence-corrected chi connectivity index (χ3v) is 2.88. The molecule has 0 heterocycles. The van der Waals surface area contributed by atoms with Crippen molar-refractivity contribution in [3.63, 3.8) is 0 Å². The highest BCUT2D eigenvalue weighted by Crippen LogP contribution is 2.33. The van der Waals surface area contributed by atoms with Gasteiger partial charge in [-0.3, -0.25) is 10.1 Å². The fourth-order valence-electron chi connectivity index (χ4n) is 2.01. The van der Waals surface area contributed by atoms with Crippen molar-refractivity contribution in [3.05, 3.63) is 64.7 Å². The Bertz CT molecular complexity index is 635. The second kappa shape index (κ2) is 6.34. The van der Waals surface area contributed by atoms with Crippen molar-refractivity contribution < 1.29 is 4.92 Å². The summed E-state index contributed by atoms with van der Waals surface area (Å²) < 4.78 is 0. The first-order valence-corrected chi connectivity index (χ1v) is 6.17. The van der Waals surface area contributed by atoms with Gasteiger partial charge in [0.05, 0.1) is 17.4 Å². The lowest BCUT2D eigenvalue weighted by Gasteiger charge is -2.23. The summed E-state index contributed by atoms with van der Waals surface area (Å²) in [4.78, 5) is 12.5. The maximum atomic E-state index is 11.1. The molecule has 0 aromatic heterocycles. The minimum Gasteiger partial charge on any atom is -0.335 e. The maximum absolute atomic E-state index is 11.1. The number of nitro benzene ring substituents is 1. The SMILES string of the molecule is N#CCCN(c1ccccc1)c1ccccc1[N+](=O)[O-]. The van der Waals surface area contributed by atoms with Crippen molar-refractivity contribution in [1.29, 1.82) is 5.26 Å². The third-order valence-electron chi connectivity index (χ3n) is 2.88. The molecule has 100 valence electrons. The van der Waals surface area contributed by atoms with E-state index in [9.17, 15) is 10.1 Å². The quantitative estimate of drug-likeness (QED) is 0.612. The van der Waals surface area contributed by atoms with Crippen LogP contribution >= 0.6 is 0 Å². The second-order valence-corrected chi connectivity index (χ2v) is 4.14. The molecule has 0 radical (unpaired) electrons. The first kappa shape index (κ1) is 13.6. The van der Waals surface area contributed by atoms with Crippen LogP contribution in [0.1, 0.15) is 6.42 Å². The second-order valence-electron chi connectivity index (χ2n) is 4.14. The highest BCUT2D eigenvalue weighted by Gasteiger charge is 2.19. The highest BCUT2D eigenvalue weighted by atomic mass is 16.6. The van der Waals surface area contributed by atoms with Gasteiger partial charge in [0.15, 0.2) is 0 Å². The Morgan fingerprint density at radius 1 is 1.10 bits per heavy atom. The van der Waals surface area contributed by atoms with E-state index in [1.807, 2.05) is 30.3 Å². The molecule has 0 bridgehead atoms. The van der Waals surface area contributed by atoms with Gasteiger partial charge < -0.3 is 4.90 Å². The lowest BCUT2D eigenvalue weighted by atomic mass is 10.2. The largest absolute Gasteiger partial charge is 0.335 e. The van der Waals surface area contributed by atoms with Gasteiger partial charge in [-0.25, -0.2) is 0 Å². The van der Waals surface area contributed by atoms with Gasteiger partial charge in [0.2, 0.25) is 0 Å². The predicted octanol–water partition coefficient (Wildman–Crippen LogP) is 3.65. The van der Waals surface area contributed by atoms with Crippen LogP contribution in [0.3, 0.4) is 0 Å². The van der Waals surface area contributed by atoms with E-state index in [0.717, 1.165) is 5.69 Å². The zero-order valence-electron chi connectivity index (χ0n) is 10.8. The lowest BCUT2D eigenvalue weighted by molar-refractivity contribution is -0.384. The first-order chi connectivity index (χ1) is 9.74. The van der Waals surface area contributed by atoms with Crippen molar-refractivity contribution >= 4 is 17.1 Å². The van der Waals surface area contributed by atoms with E-state index in [2.05, 4.69) is 6.07 Å². The molecule has 0 fully saturated rings. The smallest absolute Gasteiger partial charge is 0.292 e. The summed E-state index contributed by atoms with van der Waals surface area (Å²) in [6.45, 7) is 0.408. The molecule has 2 aromatic carbocycles. The molecule has 0 aliphatic rings. The van der Waals surface area contributed by atoms with Crippen LogP contribution in [0.15, 0.2) is 54.6 Å². The van der Waals surface area contributed by atoms with E-state index in [-0.39, 0.29) is 5.69 Å². The highest BCUT2D eigenvalue weighted by molar-refractivity contribution is 5.72. The molecule has 5 nitrogen and oxygen atoms in total. The summed E-state index contributed by atoms with van der Waals surface area (Å²) in [7, 11) is 0. The Kier molecular flexibility index (Phi) is 4.30. The fraction of sp³-hybridized carbons (Fsp3) is 0.133. The molecule has 0 spiro atoms. The van der Waals surface area contributed by atoms with Crippen LogP contribution in [0.4, 0.5) is 17.1 Å². The van der Waals surface area contributed by atoms with Gasteiger partial charge in [-0.15, -0.1) is 0 Å². The van der Waals surface area contributed by atoms with Crippen molar-refractivity contribution in [3.8, 4) is 6.07 Å². The Balaban J connectivity index is 2.47. The topological polar surface area (TPSA) is 70.2 Å². The number of hydrogen-bond acceptors (Lipinski definition) is 4. The van der Waals surface area contributed by atoms with E-state index in [4.69, 9.17) is 5.26 Å². The molecule has 2 aromatic rings. The molecule has 20 heavy (non-hydrogen) atoms. The van der Waals surface area contributed by atoms with Crippen molar-refractivity contribution in [2.45, 2.75) is 6.42 Å². The Morgan fingerprint density at radius 2 is 1.75 bits per heavy atom. The fourth-order valence-corrected chi connectivity index (χ4v) is 2.01. The van der Waals surface area contributed by atoms with Gasteiger partial charge in [0.25, 0.3) is 5.69 Å². The zero-order chi connectivity index (χ0) is 14.4. The molecular weight excluding hydrogens is 254 g/mol. The van der Waals surface area contributed by atoms with Crippen LogP contribution in [0.2, 0.25) is 0 Å². The van der Waals surface area contributed by atoms with Crippen LogP contribution in [0.5, 0.6) is 0 Å². The first-order valence-electron chi connectivity index (χ1n) is 6.17. The van der Waals surface area contributed by atoms with Crippen LogP contribution in [0.25, 0.3) is 0 Å². The number of nitriles is 1. The molecule has 0 N–H and O–H groups in total. The van der Waals surface area contributed by atoms with Crippen LogP contribution in [0, 0.1) is 21.4 Å². The Hall–Kier alpha value is -2.87. The number of benzene rings is 2. The number of hydrogen-bond donors (Lipinski definition) is 0. The van der Waals surface area contributed by atoms with Crippen LogP contribution in [-0.2, 0) is 0 Å². The van der Waals surface area contributed by atoms with E-state index in [1.54, 1.807) is 23.1 Å². The summed E-state index contributed by atoms with van der Waals surface area (Å²) in [5.41, 5.74) is 1.37. The summed E-state index contributed by atoms with van der Waals surface area (Å²) >= 11 is 0. The average molecular weight is 267 g/mol. The van der Waals surface area contributed by atoms with Gasteiger partial charge in [0, 0.05) is 18.3 Å². The lowest BCUT2D eigenvalue weighted by Crippen LogP contribution is -2.19. The summed E-state index contributed by atoms with van der Waals surface area (Å²) in [5.74, 6) is 0. The molecule has 0 unspecified atom stereocenters. The monoisotopic (exact) mass is 267 g/mol. The average Bonchev–Trinajstić information content (AvgIpc) is 2.49. The number of nitro groups is 1. The zero-order valence-corrected chi connectivity index (χ0v) is 10.8. The van der Waals surface area contributed by atoms with Crippen LogP contribution in [-0.4, -0.2) is 11.5 Å². The maximum Gasteiger partial charge on any atom is 0.292 e. The van der Waals surface area contributed by atoms with E-state index < -0.39 is 4.92 Å². The number of anilines is 2. The molecule has 0 saturated carbocycles. The summed E-state index contributed by atoms with van der Waals surface area (Å²) in [6.07, 6.45) is 0.293. The summed E-state index contributed by atoms with van der Waals surface area (Å²) in [6, 6.07) is 18.0. The summed E-state index contributed by atoms with van der Waals surface area (Å²) in [5, 5.41) is 19.9. The molecule has 0 aliphatic heterocycles. The Labute approximate surface area is 116 Å². The molecular formula is C15H13N3O2. The van der Waals surface area contributed by atoms with E-state index in [1.165, 1.54) is 6.07 Å². The van der Waals surface area contributed by atoms with Crippen molar-refractivity contribution in [2.75, 3.05) is 11.4 Å². The number of rotatable bonds is 5. The third kappa shape index (κ3) is 2.93. The Morgan fingerprint density at radius 3 is 2.40 bits per heavy atom. The normalized spacial score (nSPS) is 9.75. The molecule has 0 aliphatic carbocycles. The molecule has 2 rings (SSSR count). The predicted molar refractivity (Wildman–Crippen MR) is 76.8 cm³/mol. The molecule has 0 amide bonds. The minimum absolute atomic E-state index is 0.0364. The minimum atomic E-state index is -0.405. The molecule has 0 saturated heterocycles. The van der Waals surface area contributed by atoms with Gasteiger partial charge in [-0.1, -0.05) is 30.3 Å². The van der Waals surface area contributed by atoms with Gasteiger partial charge in [-0.05, 0) is 18.2 Å². The standard InChI is InChI=1S/C15H13N3O2/c16-11-6-12-17(13-7-2-1-3-8-13)14-9-4-5-10-15(14)18(19)20/h1-5,7-10H,6,12H2. The van der Waals surface area contributed by atoms with Crippen molar-refractivity contribution in [2.24, 2.45) is 0 Å². The van der Waals surface area contributed by atoms with Gasteiger partial charge >= 0.3 is 0 Å². The van der Waals surface area contributed by atoms with Crippen molar-refractivity contribution in [1.82, 2.24) is 0 Å². The van der Waals surface area contributed by atoms with E-state index in [0.29, 0.717) is 18.7 Å². The number of para-hydroxylation sites is 3. The van der Waals surface area contributed by atoms with E-state index >= 15 is 0 Å². The van der Waals surface area contributed by atoms with Gasteiger partial charge in [0.1, 0.15) is 5.69 Å². The molecule has 5 heteroatoms. The molecule has 0 atom stereocenters. The van der Waals surface area contributed by atoms with Gasteiger partial charge in [-0.2, -0.15) is 5.26 Å². The van der Waals surface area contributed by atoms with Crippen LogP contribution < -0.4 is 4.90 Å². The number of nitrogens with zero attached hydrogens (tertiary/aromatic N) is 3.